The number of piperidine rings is 1. The molecule has 1 aromatic heterocycles. The van der Waals surface area contributed by atoms with Gasteiger partial charge < -0.3 is 14.2 Å². The van der Waals surface area contributed by atoms with E-state index < -0.39 is 0 Å². The summed E-state index contributed by atoms with van der Waals surface area (Å²) in [5, 5.41) is 0. The largest absolute Gasteiger partial charge is 0.497 e. The minimum absolute atomic E-state index is 0.350. The van der Waals surface area contributed by atoms with Gasteiger partial charge in [-0.05, 0) is 79.9 Å². The summed E-state index contributed by atoms with van der Waals surface area (Å²) in [5.74, 6) is 1.28. The number of rotatable bonds is 11. The standard InChI is InChI=1S/C33H42N4O/c1-4-35(5-2)24-26-13-15-27(16-14-26)31(28-9-8-10-30(23-28)38-3)19-22-36-20-17-29(18-21-36)37-25-34-32-11-6-7-12-33(32)37/h6-16,23,25,29,31H,4-5,17-22,24H2,1-3H3. The first kappa shape index (κ1) is 26.5. The van der Waals surface area contributed by atoms with E-state index in [1.165, 1.54) is 35.0 Å². The number of hydrogen-bond acceptors (Lipinski definition) is 4. The molecule has 38 heavy (non-hydrogen) atoms. The molecule has 1 unspecified atom stereocenters. The fourth-order valence-corrected chi connectivity index (χ4v) is 5.95. The summed E-state index contributed by atoms with van der Waals surface area (Å²) in [6.45, 7) is 11.0. The highest BCUT2D eigenvalue weighted by Crippen LogP contribution is 2.32. The Bertz CT molecular complexity index is 1290. The molecule has 0 radical (unpaired) electrons. The Kier molecular flexibility index (Phi) is 8.77. The van der Waals surface area contributed by atoms with Crippen LogP contribution in [0.25, 0.3) is 11.0 Å². The smallest absolute Gasteiger partial charge is 0.119 e. The molecular formula is C33H42N4O. The summed E-state index contributed by atoms with van der Waals surface area (Å²) >= 11 is 0. The number of benzene rings is 3. The molecule has 5 heteroatoms. The maximum absolute atomic E-state index is 5.58. The SMILES string of the molecule is CCN(CC)Cc1ccc(C(CCN2CCC(n3cnc4ccccc43)CC2)c2cccc(OC)c2)cc1. The Labute approximate surface area is 228 Å². The van der Waals surface area contributed by atoms with Crippen LogP contribution in [-0.2, 0) is 6.54 Å². The molecule has 1 aliphatic heterocycles. The van der Waals surface area contributed by atoms with Crippen molar-refractivity contribution < 1.29 is 4.74 Å². The van der Waals surface area contributed by atoms with Crippen molar-refractivity contribution >= 4 is 11.0 Å². The molecule has 1 fully saturated rings. The van der Waals surface area contributed by atoms with Crippen molar-refractivity contribution in [3.8, 4) is 5.75 Å². The van der Waals surface area contributed by atoms with Crippen molar-refractivity contribution in [2.24, 2.45) is 0 Å². The highest BCUT2D eigenvalue weighted by Gasteiger charge is 2.23. The van der Waals surface area contributed by atoms with Crippen molar-refractivity contribution in [1.29, 1.82) is 0 Å². The van der Waals surface area contributed by atoms with Gasteiger partial charge in [-0.15, -0.1) is 0 Å². The van der Waals surface area contributed by atoms with Gasteiger partial charge >= 0.3 is 0 Å². The van der Waals surface area contributed by atoms with Gasteiger partial charge in [0.05, 0.1) is 24.5 Å². The van der Waals surface area contributed by atoms with Crippen molar-refractivity contribution in [2.75, 3.05) is 39.8 Å². The molecule has 0 N–H and O–H groups in total. The fourth-order valence-electron chi connectivity index (χ4n) is 5.95. The maximum atomic E-state index is 5.58. The van der Waals surface area contributed by atoms with E-state index in [4.69, 9.17) is 4.74 Å². The first-order valence-electron chi connectivity index (χ1n) is 14.3. The van der Waals surface area contributed by atoms with Gasteiger partial charge in [0.15, 0.2) is 0 Å². The van der Waals surface area contributed by atoms with Gasteiger partial charge in [-0.1, -0.05) is 62.4 Å². The number of aromatic nitrogens is 2. The van der Waals surface area contributed by atoms with Gasteiger partial charge in [0.1, 0.15) is 5.75 Å². The van der Waals surface area contributed by atoms with E-state index in [-0.39, 0.29) is 0 Å². The van der Waals surface area contributed by atoms with Gasteiger partial charge in [-0.2, -0.15) is 0 Å². The van der Waals surface area contributed by atoms with Crippen LogP contribution in [0.1, 0.15) is 61.8 Å². The quantitative estimate of drug-likeness (QED) is 0.224. The Morgan fingerprint density at radius 2 is 1.68 bits per heavy atom. The van der Waals surface area contributed by atoms with Gasteiger partial charge in [0.2, 0.25) is 0 Å². The van der Waals surface area contributed by atoms with Gasteiger partial charge in [-0.25, -0.2) is 4.98 Å². The zero-order valence-electron chi connectivity index (χ0n) is 23.2. The van der Waals surface area contributed by atoms with Crippen LogP contribution in [0.3, 0.4) is 0 Å². The van der Waals surface area contributed by atoms with Crippen molar-refractivity contribution in [2.45, 2.75) is 51.6 Å². The second kappa shape index (κ2) is 12.6. The lowest BCUT2D eigenvalue weighted by atomic mass is 9.87. The topological polar surface area (TPSA) is 33.5 Å². The van der Waals surface area contributed by atoms with E-state index >= 15 is 0 Å². The summed E-state index contributed by atoms with van der Waals surface area (Å²) < 4.78 is 7.97. The molecule has 1 saturated heterocycles. The Morgan fingerprint density at radius 1 is 0.921 bits per heavy atom. The minimum Gasteiger partial charge on any atom is -0.497 e. The molecule has 200 valence electrons. The number of ether oxygens (including phenoxy) is 1. The van der Waals surface area contributed by atoms with E-state index in [0.717, 1.165) is 57.0 Å². The molecule has 0 amide bonds. The molecule has 0 saturated carbocycles. The van der Waals surface area contributed by atoms with Crippen LogP contribution in [-0.4, -0.2) is 59.2 Å². The van der Waals surface area contributed by atoms with Crippen molar-refractivity contribution in [3.05, 3.63) is 95.8 Å². The van der Waals surface area contributed by atoms with Crippen LogP contribution < -0.4 is 4.74 Å². The summed E-state index contributed by atoms with van der Waals surface area (Å²) in [4.78, 5) is 9.74. The zero-order chi connectivity index (χ0) is 26.3. The van der Waals surface area contributed by atoms with Crippen LogP contribution in [0.4, 0.5) is 0 Å². The molecule has 0 bridgehead atoms. The highest BCUT2D eigenvalue weighted by molar-refractivity contribution is 5.75. The Hall–Kier alpha value is -3.15. The highest BCUT2D eigenvalue weighted by atomic mass is 16.5. The lowest BCUT2D eigenvalue weighted by Gasteiger charge is -2.34. The minimum atomic E-state index is 0.350. The number of hydrogen-bond donors (Lipinski definition) is 0. The van der Waals surface area contributed by atoms with Crippen LogP contribution in [0.15, 0.2) is 79.1 Å². The molecule has 5 rings (SSSR count). The Morgan fingerprint density at radius 3 is 2.42 bits per heavy atom. The molecular weight excluding hydrogens is 468 g/mol. The summed E-state index contributed by atoms with van der Waals surface area (Å²) in [6, 6.07) is 27.0. The molecule has 5 nitrogen and oxygen atoms in total. The molecule has 4 aromatic rings. The molecule has 2 heterocycles. The maximum Gasteiger partial charge on any atom is 0.119 e. The molecule has 3 aromatic carbocycles. The van der Waals surface area contributed by atoms with Crippen LogP contribution in [0.5, 0.6) is 5.75 Å². The first-order valence-corrected chi connectivity index (χ1v) is 14.3. The van der Waals surface area contributed by atoms with Gasteiger partial charge in [-0.3, -0.25) is 4.90 Å². The molecule has 0 spiro atoms. The van der Waals surface area contributed by atoms with Crippen molar-refractivity contribution in [1.82, 2.24) is 19.4 Å². The Balaban J connectivity index is 1.26. The lowest BCUT2D eigenvalue weighted by Crippen LogP contribution is -2.35. The number of likely N-dealkylation sites (tertiary alicyclic amines) is 1. The fraction of sp³-hybridized carbons (Fsp3) is 0.424. The van der Waals surface area contributed by atoms with Crippen LogP contribution in [0.2, 0.25) is 0 Å². The van der Waals surface area contributed by atoms with E-state index in [2.05, 4.69) is 99.9 Å². The van der Waals surface area contributed by atoms with Crippen LogP contribution in [0, 0.1) is 0 Å². The number of nitrogens with zero attached hydrogens (tertiary/aromatic N) is 4. The van der Waals surface area contributed by atoms with Gasteiger partial charge in [0, 0.05) is 31.6 Å². The van der Waals surface area contributed by atoms with Crippen LogP contribution >= 0.6 is 0 Å². The second-order valence-corrected chi connectivity index (χ2v) is 10.5. The third-order valence-electron chi connectivity index (χ3n) is 8.34. The number of imidazole rings is 1. The first-order chi connectivity index (χ1) is 18.7. The summed E-state index contributed by atoms with van der Waals surface area (Å²) in [7, 11) is 1.75. The monoisotopic (exact) mass is 510 g/mol. The zero-order valence-corrected chi connectivity index (χ0v) is 23.2. The van der Waals surface area contributed by atoms with E-state index in [1.807, 2.05) is 12.4 Å². The normalized spacial score (nSPS) is 15.8. The molecule has 1 aliphatic rings. The van der Waals surface area contributed by atoms with E-state index in [9.17, 15) is 0 Å². The molecule has 1 atom stereocenters. The van der Waals surface area contributed by atoms with E-state index in [0.29, 0.717) is 12.0 Å². The predicted molar refractivity (Wildman–Crippen MR) is 157 cm³/mol. The average Bonchev–Trinajstić information content (AvgIpc) is 3.41. The van der Waals surface area contributed by atoms with Crippen molar-refractivity contribution in [3.63, 3.8) is 0 Å². The molecule has 0 aliphatic carbocycles. The average molecular weight is 511 g/mol. The third-order valence-corrected chi connectivity index (χ3v) is 8.34. The third kappa shape index (κ3) is 6.11. The summed E-state index contributed by atoms with van der Waals surface area (Å²) in [5.41, 5.74) is 6.46. The second-order valence-electron chi connectivity index (χ2n) is 10.5. The number of methoxy groups -OCH3 is 1. The number of fused-ring (bicyclic) bond motifs is 1. The lowest BCUT2D eigenvalue weighted by molar-refractivity contribution is 0.184. The number of para-hydroxylation sites is 2. The summed E-state index contributed by atoms with van der Waals surface area (Å²) in [6.07, 6.45) is 5.48. The van der Waals surface area contributed by atoms with E-state index in [1.54, 1.807) is 7.11 Å². The predicted octanol–water partition coefficient (Wildman–Crippen LogP) is 6.75. The van der Waals surface area contributed by atoms with Gasteiger partial charge in [0.25, 0.3) is 0 Å².